The van der Waals surface area contributed by atoms with Crippen LogP contribution in [0.4, 0.5) is 8.78 Å². The summed E-state index contributed by atoms with van der Waals surface area (Å²) in [4.78, 5) is 7.00. The van der Waals surface area contributed by atoms with Crippen LogP contribution in [0.3, 0.4) is 0 Å². The SMILES string of the molecule is FC(F)c1cncc(-c2cccc3cc[nH]c23)c1. The normalized spacial score (nSPS) is 11.3. The summed E-state index contributed by atoms with van der Waals surface area (Å²) in [7, 11) is 0. The molecule has 0 saturated carbocycles. The number of rotatable bonds is 2. The van der Waals surface area contributed by atoms with Crippen molar-refractivity contribution in [2.24, 2.45) is 0 Å². The van der Waals surface area contributed by atoms with Crippen LogP contribution in [-0.2, 0) is 0 Å². The second-order valence-electron chi connectivity index (χ2n) is 4.06. The molecule has 2 nitrogen and oxygen atoms in total. The van der Waals surface area contributed by atoms with Gasteiger partial charge in [0.1, 0.15) is 0 Å². The number of nitrogens with zero attached hydrogens (tertiary/aromatic N) is 1. The number of hydrogen-bond donors (Lipinski definition) is 1. The molecule has 1 aromatic carbocycles. The monoisotopic (exact) mass is 244 g/mol. The van der Waals surface area contributed by atoms with Crippen LogP contribution in [0, 0.1) is 0 Å². The molecule has 0 atom stereocenters. The molecule has 18 heavy (non-hydrogen) atoms. The van der Waals surface area contributed by atoms with Gasteiger partial charge in [-0.1, -0.05) is 18.2 Å². The molecule has 0 radical (unpaired) electrons. The lowest BCUT2D eigenvalue weighted by Crippen LogP contribution is -1.88. The maximum absolute atomic E-state index is 12.7. The summed E-state index contributed by atoms with van der Waals surface area (Å²) in [5.74, 6) is 0. The van der Waals surface area contributed by atoms with E-state index in [2.05, 4.69) is 9.97 Å². The molecule has 0 fully saturated rings. The first-order valence-electron chi connectivity index (χ1n) is 5.55. The van der Waals surface area contributed by atoms with Crippen molar-refractivity contribution < 1.29 is 8.78 Å². The van der Waals surface area contributed by atoms with Gasteiger partial charge in [-0.15, -0.1) is 0 Å². The number of fused-ring (bicyclic) bond motifs is 1. The third kappa shape index (κ3) is 1.76. The summed E-state index contributed by atoms with van der Waals surface area (Å²) >= 11 is 0. The molecule has 3 rings (SSSR count). The van der Waals surface area contributed by atoms with Gasteiger partial charge < -0.3 is 4.98 Å². The zero-order valence-electron chi connectivity index (χ0n) is 9.40. The molecule has 90 valence electrons. The maximum Gasteiger partial charge on any atom is 0.265 e. The highest BCUT2D eigenvalue weighted by Gasteiger charge is 2.10. The Balaban J connectivity index is 2.20. The number of halogens is 2. The van der Waals surface area contributed by atoms with E-state index in [4.69, 9.17) is 0 Å². The van der Waals surface area contributed by atoms with Crippen molar-refractivity contribution in [2.75, 3.05) is 0 Å². The topological polar surface area (TPSA) is 28.7 Å². The minimum Gasteiger partial charge on any atom is -0.361 e. The van der Waals surface area contributed by atoms with Crippen LogP contribution in [0.1, 0.15) is 12.0 Å². The molecular weight excluding hydrogens is 234 g/mol. The minimum absolute atomic E-state index is 0.0592. The average Bonchev–Trinajstić information content (AvgIpc) is 2.87. The van der Waals surface area contributed by atoms with Crippen LogP contribution in [0.15, 0.2) is 48.9 Å². The third-order valence-electron chi connectivity index (χ3n) is 2.91. The molecule has 1 N–H and O–H groups in total. The fourth-order valence-electron chi connectivity index (χ4n) is 2.05. The molecule has 0 amide bonds. The van der Waals surface area contributed by atoms with E-state index >= 15 is 0 Å². The Hall–Kier alpha value is -2.23. The van der Waals surface area contributed by atoms with E-state index in [9.17, 15) is 8.78 Å². The van der Waals surface area contributed by atoms with Crippen LogP contribution in [0.25, 0.3) is 22.0 Å². The number of alkyl halides is 2. The molecule has 0 bridgehead atoms. The van der Waals surface area contributed by atoms with Gasteiger partial charge in [-0.2, -0.15) is 0 Å². The summed E-state index contributed by atoms with van der Waals surface area (Å²) in [6.07, 6.45) is 2.13. The lowest BCUT2D eigenvalue weighted by molar-refractivity contribution is 0.151. The predicted molar refractivity (Wildman–Crippen MR) is 66.5 cm³/mol. The zero-order valence-corrected chi connectivity index (χ0v) is 9.40. The first-order chi connectivity index (χ1) is 8.75. The van der Waals surface area contributed by atoms with Crippen molar-refractivity contribution >= 4 is 10.9 Å². The summed E-state index contributed by atoms with van der Waals surface area (Å²) in [6, 6.07) is 9.20. The van der Waals surface area contributed by atoms with Gasteiger partial charge in [0.25, 0.3) is 6.43 Å². The van der Waals surface area contributed by atoms with E-state index in [0.29, 0.717) is 5.56 Å². The van der Waals surface area contributed by atoms with E-state index in [1.165, 1.54) is 12.3 Å². The van der Waals surface area contributed by atoms with Gasteiger partial charge in [-0.25, -0.2) is 8.78 Å². The number of H-pyrrole nitrogens is 1. The van der Waals surface area contributed by atoms with Gasteiger partial charge >= 0.3 is 0 Å². The highest BCUT2D eigenvalue weighted by atomic mass is 19.3. The second-order valence-corrected chi connectivity index (χ2v) is 4.06. The number of nitrogens with one attached hydrogen (secondary N) is 1. The van der Waals surface area contributed by atoms with Gasteiger partial charge in [-0.3, -0.25) is 4.98 Å². The Labute approximate surface area is 102 Å². The van der Waals surface area contributed by atoms with Gasteiger partial charge in [0.05, 0.1) is 5.52 Å². The van der Waals surface area contributed by atoms with Crippen molar-refractivity contribution in [3.05, 3.63) is 54.5 Å². The van der Waals surface area contributed by atoms with Crippen LogP contribution in [0.5, 0.6) is 0 Å². The van der Waals surface area contributed by atoms with Crippen molar-refractivity contribution in [3.63, 3.8) is 0 Å². The molecule has 0 aliphatic carbocycles. The molecule has 3 aromatic rings. The Morgan fingerprint density at radius 1 is 1.11 bits per heavy atom. The molecular formula is C14H10F2N2. The van der Waals surface area contributed by atoms with Gasteiger partial charge in [0.15, 0.2) is 0 Å². The molecule has 4 heteroatoms. The van der Waals surface area contributed by atoms with Crippen LogP contribution in [0.2, 0.25) is 0 Å². The number of para-hydroxylation sites is 1. The first kappa shape index (κ1) is 10.9. The zero-order chi connectivity index (χ0) is 12.5. The molecule has 2 aromatic heterocycles. The molecule has 2 heterocycles. The van der Waals surface area contributed by atoms with Gasteiger partial charge in [0, 0.05) is 35.3 Å². The standard InChI is InChI=1S/C14H10F2N2/c15-14(16)11-6-10(7-17-8-11)12-3-1-2-9-4-5-18-13(9)12/h1-8,14,18H. The predicted octanol–water partition coefficient (Wildman–Crippen LogP) is 4.17. The van der Waals surface area contributed by atoms with Crippen molar-refractivity contribution in [2.45, 2.75) is 6.43 Å². The van der Waals surface area contributed by atoms with E-state index in [-0.39, 0.29) is 5.56 Å². The van der Waals surface area contributed by atoms with Gasteiger partial charge in [0.2, 0.25) is 0 Å². The van der Waals surface area contributed by atoms with Crippen molar-refractivity contribution in [1.82, 2.24) is 9.97 Å². The first-order valence-corrected chi connectivity index (χ1v) is 5.55. The Kier molecular flexibility index (Phi) is 2.55. The summed E-state index contributed by atoms with van der Waals surface area (Å²) in [5, 5.41) is 1.05. The Morgan fingerprint density at radius 2 is 2.00 bits per heavy atom. The highest BCUT2D eigenvalue weighted by Crippen LogP contribution is 2.29. The summed E-state index contributed by atoms with van der Waals surface area (Å²) in [5.41, 5.74) is 2.45. The molecule has 0 spiro atoms. The number of pyridine rings is 1. The van der Waals surface area contributed by atoms with Crippen molar-refractivity contribution in [1.29, 1.82) is 0 Å². The second kappa shape index (κ2) is 4.22. The van der Waals surface area contributed by atoms with Crippen LogP contribution >= 0.6 is 0 Å². The number of hydrogen-bond acceptors (Lipinski definition) is 1. The van der Waals surface area contributed by atoms with Crippen molar-refractivity contribution in [3.8, 4) is 11.1 Å². The third-order valence-corrected chi connectivity index (χ3v) is 2.91. The van der Waals surface area contributed by atoms with E-state index in [1.807, 2.05) is 30.5 Å². The number of benzene rings is 1. The quantitative estimate of drug-likeness (QED) is 0.720. The van der Waals surface area contributed by atoms with Gasteiger partial charge in [-0.05, 0) is 17.5 Å². The van der Waals surface area contributed by atoms with E-state index in [0.717, 1.165) is 16.5 Å². The summed E-state index contributed by atoms with van der Waals surface area (Å²) in [6.45, 7) is 0. The smallest absolute Gasteiger partial charge is 0.265 e. The maximum atomic E-state index is 12.7. The number of aromatic amines is 1. The Morgan fingerprint density at radius 3 is 2.83 bits per heavy atom. The van der Waals surface area contributed by atoms with E-state index in [1.54, 1.807) is 6.20 Å². The summed E-state index contributed by atoms with van der Waals surface area (Å²) < 4.78 is 25.3. The largest absolute Gasteiger partial charge is 0.361 e. The van der Waals surface area contributed by atoms with Crippen LogP contribution in [-0.4, -0.2) is 9.97 Å². The fraction of sp³-hybridized carbons (Fsp3) is 0.0714. The highest BCUT2D eigenvalue weighted by molar-refractivity contribution is 5.93. The fourth-order valence-corrected chi connectivity index (χ4v) is 2.05. The van der Waals surface area contributed by atoms with E-state index < -0.39 is 6.43 Å². The molecule has 0 aliphatic heterocycles. The molecule has 0 unspecified atom stereocenters. The molecule has 0 saturated heterocycles. The Bertz CT molecular complexity index is 689. The average molecular weight is 244 g/mol. The minimum atomic E-state index is -2.50. The lowest BCUT2D eigenvalue weighted by Gasteiger charge is -2.05. The molecule has 0 aliphatic rings. The van der Waals surface area contributed by atoms with Crippen LogP contribution < -0.4 is 0 Å². The lowest BCUT2D eigenvalue weighted by atomic mass is 10.0. The number of aromatic nitrogens is 2.